The first-order valence-corrected chi connectivity index (χ1v) is 8.73. The van der Waals surface area contributed by atoms with E-state index in [1.165, 1.54) is 0 Å². The highest BCUT2D eigenvalue weighted by molar-refractivity contribution is 5.79. The lowest BCUT2D eigenvalue weighted by molar-refractivity contribution is 0.0497. The fourth-order valence-electron chi connectivity index (χ4n) is 1.86. The Morgan fingerprint density at radius 1 is 1.12 bits per heavy atom. The highest BCUT2D eigenvalue weighted by Gasteiger charge is 2.03. The molecular weight excluding hydrogens is 310 g/mol. The molecule has 1 aromatic rings. The Morgan fingerprint density at radius 2 is 1.92 bits per heavy atom. The van der Waals surface area contributed by atoms with E-state index >= 15 is 0 Å². The molecule has 8 nitrogen and oxygen atoms in total. The average Bonchev–Trinajstić information content (AvgIpc) is 2.98. The quantitative estimate of drug-likeness (QED) is 0.317. The van der Waals surface area contributed by atoms with E-state index in [-0.39, 0.29) is 0 Å². The van der Waals surface area contributed by atoms with E-state index in [4.69, 9.17) is 14.0 Å². The van der Waals surface area contributed by atoms with Crippen molar-refractivity contribution in [2.75, 3.05) is 46.1 Å². The Hall–Kier alpha value is -1.67. The van der Waals surface area contributed by atoms with Gasteiger partial charge in [0.2, 0.25) is 5.89 Å². The van der Waals surface area contributed by atoms with Crippen molar-refractivity contribution in [1.29, 1.82) is 0 Å². The molecule has 0 atom stereocenters. The van der Waals surface area contributed by atoms with Crippen molar-refractivity contribution in [3.63, 3.8) is 0 Å². The highest BCUT2D eigenvalue weighted by Crippen LogP contribution is 1.95. The number of hydrogen-bond acceptors (Lipinski definition) is 6. The van der Waals surface area contributed by atoms with Crippen LogP contribution in [0.1, 0.15) is 38.4 Å². The number of nitrogens with one attached hydrogen (secondary N) is 2. The number of unbranched alkanes of at least 4 members (excludes halogenated alkanes) is 1. The molecule has 0 fully saturated rings. The van der Waals surface area contributed by atoms with Crippen LogP contribution in [0.2, 0.25) is 0 Å². The molecule has 0 aliphatic carbocycles. The molecule has 24 heavy (non-hydrogen) atoms. The summed E-state index contributed by atoms with van der Waals surface area (Å²) in [5.41, 5.74) is 0. The number of nitrogens with zero attached hydrogens (tertiary/aromatic N) is 3. The van der Waals surface area contributed by atoms with Gasteiger partial charge < -0.3 is 24.6 Å². The molecule has 1 aromatic heterocycles. The molecule has 0 aliphatic rings. The van der Waals surface area contributed by atoms with Crippen LogP contribution in [0.25, 0.3) is 0 Å². The lowest BCUT2D eigenvalue weighted by Gasteiger charge is -2.10. The number of aromatic nitrogens is 2. The van der Waals surface area contributed by atoms with Crippen LogP contribution in [0.4, 0.5) is 0 Å². The molecule has 0 saturated carbocycles. The zero-order valence-corrected chi connectivity index (χ0v) is 15.1. The van der Waals surface area contributed by atoms with Gasteiger partial charge in [-0.1, -0.05) is 18.5 Å². The molecule has 0 amide bonds. The number of aliphatic imine (C=N–C) groups is 1. The largest absolute Gasteiger partial charge is 0.379 e. The van der Waals surface area contributed by atoms with E-state index in [0.29, 0.717) is 51.0 Å². The van der Waals surface area contributed by atoms with Crippen molar-refractivity contribution < 1.29 is 14.0 Å². The minimum absolute atomic E-state index is 0.580. The second-order valence-corrected chi connectivity index (χ2v) is 5.25. The van der Waals surface area contributed by atoms with Crippen molar-refractivity contribution in [3.05, 3.63) is 11.7 Å². The third-order valence-electron chi connectivity index (χ3n) is 3.06. The summed E-state index contributed by atoms with van der Waals surface area (Å²) in [5.74, 6) is 2.04. The summed E-state index contributed by atoms with van der Waals surface area (Å²) in [6, 6.07) is 0. The highest BCUT2D eigenvalue weighted by atomic mass is 16.5. The molecule has 8 heteroatoms. The SMILES string of the molecule is CCCCOCCOCCN=C(NCC)NCCc1nc(C)no1. The number of rotatable bonds is 13. The first-order valence-electron chi connectivity index (χ1n) is 8.73. The Bertz CT molecular complexity index is 451. The zero-order valence-electron chi connectivity index (χ0n) is 15.1. The van der Waals surface area contributed by atoms with E-state index in [1.54, 1.807) is 6.92 Å². The Kier molecular flexibility index (Phi) is 11.7. The third kappa shape index (κ3) is 10.2. The summed E-state index contributed by atoms with van der Waals surface area (Å²) in [6.45, 7) is 10.7. The van der Waals surface area contributed by atoms with Crippen LogP contribution < -0.4 is 10.6 Å². The van der Waals surface area contributed by atoms with Gasteiger partial charge in [-0.3, -0.25) is 4.99 Å². The van der Waals surface area contributed by atoms with E-state index in [0.717, 1.165) is 32.0 Å². The second kappa shape index (κ2) is 13.7. The molecule has 0 aromatic carbocycles. The van der Waals surface area contributed by atoms with Gasteiger partial charge in [-0.05, 0) is 20.3 Å². The van der Waals surface area contributed by atoms with Gasteiger partial charge in [-0.25, -0.2) is 0 Å². The lowest BCUT2D eigenvalue weighted by atomic mass is 10.4. The minimum Gasteiger partial charge on any atom is -0.379 e. The van der Waals surface area contributed by atoms with Gasteiger partial charge >= 0.3 is 0 Å². The van der Waals surface area contributed by atoms with Crippen LogP contribution in [-0.2, 0) is 15.9 Å². The van der Waals surface area contributed by atoms with Gasteiger partial charge in [0.15, 0.2) is 11.8 Å². The van der Waals surface area contributed by atoms with E-state index in [2.05, 4.69) is 32.7 Å². The summed E-state index contributed by atoms with van der Waals surface area (Å²) in [6.07, 6.45) is 2.92. The molecule has 0 unspecified atom stereocenters. The van der Waals surface area contributed by atoms with Gasteiger partial charge in [0.25, 0.3) is 0 Å². The standard InChI is InChI=1S/C16H31N5O3/c1-4-6-10-22-12-13-23-11-9-19-16(17-5-2)18-8-7-15-20-14(3)21-24-15/h4-13H2,1-3H3,(H2,17,18,19). The lowest BCUT2D eigenvalue weighted by Crippen LogP contribution is -2.38. The maximum absolute atomic E-state index is 5.50. The molecule has 0 spiro atoms. The molecule has 0 saturated heterocycles. The maximum atomic E-state index is 5.50. The summed E-state index contributed by atoms with van der Waals surface area (Å²) in [7, 11) is 0. The van der Waals surface area contributed by atoms with Crippen molar-refractivity contribution in [1.82, 2.24) is 20.8 Å². The summed E-state index contributed by atoms with van der Waals surface area (Å²) in [5, 5.41) is 10.2. The topological polar surface area (TPSA) is 93.8 Å². The van der Waals surface area contributed by atoms with Crippen LogP contribution in [0.5, 0.6) is 0 Å². The minimum atomic E-state index is 0.580. The van der Waals surface area contributed by atoms with Gasteiger partial charge in [0, 0.05) is 26.1 Å². The first kappa shape index (κ1) is 20.4. The van der Waals surface area contributed by atoms with Crippen LogP contribution >= 0.6 is 0 Å². The second-order valence-electron chi connectivity index (χ2n) is 5.25. The summed E-state index contributed by atoms with van der Waals surface area (Å²) < 4.78 is 16.0. The molecule has 1 heterocycles. The van der Waals surface area contributed by atoms with Crippen LogP contribution in [0, 0.1) is 6.92 Å². The van der Waals surface area contributed by atoms with Gasteiger partial charge in [0.05, 0.1) is 26.4 Å². The molecule has 0 aliphatic heterocycles. The van der Waals surface area contributed by atoms with Crippen molar-refractivity contribution in [3.8, 4) is 0 Å². The zero-order chi connectivity index (χ0) is 17.5. The van der Waals surface area contributed by atoms with Gasteiger partial charge in [-0.15, -0.1) is 0 Å². The summed E-state index contributed by atoms with van der Waals surface area (Å²) in [4.78, 5) is 8.63. The monoisotopic (exact) mass is 341 g/mol. The molecule has 1 rings (SSSR count). The smallest absolute Gasteiger partial charge is 0.228 e. The first-order chi connectivity index (χ1) is 11.8. The Labute approximate surface area is 144 Å². The normalized spacial score (nSPS) is 11.7. The molecule has 0 radical (unpaired) electrons. The molecule has 0 bridgehead atoms. The fraction of sp³-hybridized carbons (Fsp3) is 0.812. The van der Waals surface area contributed by atoms with E-state index in [1.807, 2.05) is 6.92 Å². The number of aryl methyl sites for hydroxylation is 1. The number of hydrogen-bond donors (Lipinski definition) is 2. The Morgan fingerprint density at radius 3 is 2.58 bits per heavy atom. The average molecular weight is 341 g/mol. The predicted octanol–water partition coefficient (Wildman–Crippen LogP) is 1.31. The van der Waals surface area contributed by atoms with Gasteiger partial charge in [-0.2, -0.15) is 4.98 Å². The number of ether oxygens (including phenoxy) is 2. The maximum Gasteiger partial charge on any atom is 0.228 e. The fourth-order valence-corrected chi connectivity index (χ4v) is 1.86. The van der Waals surface area contributed by atoms with Crippen molar-refractivity contribution >= 4 is 5.96 Å². The molecule has 2 N–H and O–H groups in total. The van der Waals surface area contributed by atoms with E-state index < -0.39 is 0 Å². The number of guanidine groups is 1. The molecular formula is C16H31N5O3. The van der Waals surface area contributed by atoms with Crippen molar-refractivity contribution in [2.45, 2.75) is 40.0 Å². The Balaban J connectivity index is 2.10. The van der Waals surface area contributed by atoms with E-state index in [9.17, 15) is 0 Å². The van der Waals surface area contributed by atoms with Gasteiger partial charge in [0.1, 0.15) is 0 Å². The van der Waals surface area contributed by atoms with Crippen LogP contribution in [-0.4, -0.2) is 62.2 Å². The summed E-state index contributed by atoms with van der Waals surface area (Å²) >= 11 is 0. The third-order valence-corrected chi connectivity index (χ3v) is 3.06. The van der Waals surface area contributed by atoms with Crippen LogP contribution in [0.15, 0.2) is 9.52 Å². The molecule has 138 valence electrons. The predicted molar refractivity (Wildman–Crippen MR) is 93.3 cm³/mol. The van der Waals surface area contributed by atoms with Crippen LogP contribution in [0.3, 0.4) is 0 Å². The van der Waals surface area contributed by atoms with Crippen molar-refractivity contribution in [2.24, 2.45) is 4.99 Å².